The van der Waals surface area contributed by atoms with Gasteiger partial charge in [-0.15, -0.1) is 0 Å². The number of carbonyl (C=O) groups is 1. The van der Waals surface area contributed by atoms with Crippen LogP contribution in [0.5, 0.6) is 5.75 Å². The van der Waals surface area contributed by atoms with Gasteiger partial charge in [0.15, 0.2) is 6.61 Å². The van der Waals surface area contributed by atoms with E-state index in [1.54, 1.807) is 0 Å². The fourth-order valence-corrected chi connectivity index (χ4v) is 2.39. The zero-order chi connectivity index (χ0) is 17.6. The zero-order valence-electron chi connectivity index (χ0n) is 12.9. The number of ether oxygens (including phenoxy) is 1. The smallest absolute Gasteiger partial charge is 0.405 e. The summed E-state index contributed by atoms with van der Waals surface area (Å²) in [4.78, 5) is 13.0. The molecule has 1 fully saturated rings. The summed E-state index contributed by atoms with van der Waals surface area (Å²) in [6, 6.07) is 3.27. The highest BCUT2D eigenvalue weighted by Gasteiger charge is 2.43. The van der Waals surface area contributed by atoms with Gasteiger partial charge in [0.25, 0.3) is 5.91 Å². The molecule has 1 heterocycles. The number of amides is 1. The van der Waals surface area contributed by atoms with Gasteiger partial charge in [0.1, 0.15) is 17.6 Å². The highest BCUT2D eigenvalue weighted by atomic mass is 19.4. The molecule has 1 saturated heterocycles. The lowest BCUT2D eigenvalue weighted by molar-refractivity contribution is -0.184. The van der Waals surface area contributed by atoms with Crippen LogP contribution in [0.2, 0.25) is 0 Å². The fourth-order valence-electron chi connectivity index (χ4n) is 2.39. The van der Waals surface area contributed by atoms with E-state index in [-0.39, 0.29) is 18.8 Å². The van der Waals surface area contributed by atoms with E-state index >= 15 is 0 Å². The molecule has 0 spiro atoms. The maximum absolute atomic E-state index is 13.2. The molecule has 1 amide bonds. The fraction of sp³-hybridized carbons (Fsp3) is 0.533. The Labute approximate surface area is 137 Å². The van der Waals surface area contributed by atoms with Crippen LogP contribution in [-0.2, 0) is 4.79 Å². The summed E-state index contributed by atoms with van der Waals surface area (Å²) >= 11 is 0. The van der Waals surface area contributed by atoms with Crippen molar-refractivity contribution in [2.45, 2.75) is 12.2 Å². The van der Waals surface area contributed by atoms with Crippen LogP contribution in [0.15, 0.2) is 24.3 Å². The summed E-state index contributed by atoms with van der Waals surface area (Å²) in [5, 5.41) is 5.23. The summed E-state index contributed by atoms with van der Waals surface area (Å²) in [5.41, 5.74) is 0. The predicted octanol–water partition coefficient (Wildman–Crippen LogP) is 1.16. The van der Waals surface area contributed by atoms with E-state index in [2.05, 4.69) is 10.6 Å². The Hall–Kier alpha value is -1.87. The van der Waals surface area contributed by atoms with Gasteiger partial charge in [0, 0.05) is 32.7 Å². The molecular weight excluding hydrogens is 330 g/mol. The van der Waals surface area contributed by atoms with Crippen molar-refractivity contribution >= 4 is 5.91 Å². The first-order valence-electron chi connectivity index (χ1n) is 7.53. The van der Waals surface area contributed by atoms with Crippen LogP contribution in [0.3, 0.4) is 0 Å². The molecule has 2 N–H and O–H groups in total. The Morgan fingerprint density at radius 2 is 1.88 bits per heavy atom. The monoisotopic (exact) mass is 349 g/mol. The molecule has 24 heavy (non-hydrogen) atoms. The first-order chi connectivity index (χ1) is 11.4. The Balaban J connectivity index is 1.81. The van der Waals surface area contributed by atoms with E-state index in [1.807, 2.05) is 0 Å². The lowest BCUT2D eigenvalue weighted by Gasteiger charge is -2.35. The van der Waals surface area contributed by atoms with Gasteiger partial charge in [-0.2, -0.15) is 13.2 Å². The largest absolute Gasteiger partial charge is 0.484 e. The van der Waals surface area contributed by atoms with Crippen LogP contribution in [0.4, 0.5) is 17.6 Å². The molecule has 5 nitrogen and oxygen atoms in total. The Kier molecular flexibility index (Phi) is 6.38. The number of hydrogen-bond donors (Lipinski definition) is 2. The second kappa shape index (κ2) is 8.29. The average molecular weight is 349 g/mol. The lowest BCUT2D eigenvalue weighted by Crippen LogP contribution is -2.57. The van der Waals surface area contributed by atoms with E-state index in [9.17, 15) is 22.4 Å². The third-order valence-corrected chi connectivity index (χ3v) is 3.65. The van der Waals surface area contributed by atoms with Crippen molar-refractivity contribution < 1.29 is 27.1 Å². The minimum Gasteiger partial charge on any atom is -0.484 e. The molecule has 134 valence electrons. The summed E-state index contributed by atoms with van der Waals surface area (Å²) < 4.78 is 57.3. The molecule has 1 atom stereocenters. The maximum Gasteiger partial charge on any atom is 0.405 e. The minimum absolute atomic E-state index is 0.265. The van der Waals surface area contributed by atoms with Crippen molar-refractivity contribution in [3.63, 3.8) is 0 Å². The SMILES string of the molecule is O=C(COc1ccc(F)cc1)NCC(N1CCNCC1)C(F)(F)F. The molecule has 1 aliphatic rings. The Morgan fingerprint density at radius 3 is 2.46 bits per heavy atom. The van der Waals surface area contributed by atoms with E-state index in [4.69, 9.17) is 4.74 Å². The maximum atomic E-state index is 13.2. The number of carbonyl (C=O) groups excluding carboxylic acids is 1. The van der Waals surface area contributed by atoms with Gasteiger partial charge in [-0.3, -0.25) is 9.69 Å². The van der Waals surface area contributed by atoms with Crippen molar-refractivity contribution in [3.8, 4) is 5.75 Å². The molecule has 1 aromatic rings. The lowest BCUT2D eigenvalue weighted by atomic mass is 10.2. The second-order valence-corrected chi connectivity index (χ2v) is 5.39. The van der Waals surface area contributed by atoms with Gasteiger partial charge in [0.05, 0.1) is 0 Å². The molecule has 1 aromatic carbocycles. The van der Waals surface area contributed by atoms with Crippen LogP contribution in [0.1, 0.15) is 0 Å². The Morgan fingerprint density at radius 1 is 1.25 bits per heavy atom. The Bertz CT molecular complexity index is 531. The van der Waals surface area contributed by atoms with Gasteiger partial charge >= 0.3 is 6.18 Å². The number of halogens is 4. The van der Waals surface area contributed by atoms with Crippen LogP contribution in [0.25, 0.3) is 0 Å². The number of piperazine rings is 1. The molecule has 0 aliphatic carbocycles. The standard InChI is InChI=1S/C15H19F4N3O2/c16-11-1-3-12(4-2-11)24-10-14(23)21-9-13(15(17,18)19)22-7-5-20-6-8-22/h1-4,13,20H,5-10H2,(H,21,23). The first-order valence-corrected chi connectivity index (χ1v) is 7.53. The highest BCUT2D eigenvalue weighted by Crippen LogP contribution is 2.24. The van der Waals surface area contributed by atoms with E-state index in [0.717, 1.165) is 12.1 Å². The van der Waals surface area contributed by atoms with Crippen molar-refractivity contribution in [1.29, 1.82) is 0 Å². The number of benzene rings is 1. The quantitative estimate of drug-likeness (QED) is 0.757. The van der Waals surface area contributed by atoms with Gasteiger partial charge in [-0.25, -0.2) is 4.39 Å². The number of alkyl halides is 3. The molecule has 0 aromatic heterocycles. The first kappa shape index (κ1) is 18.5. The van der Waals surface area contributed by atoms with Crippen LogP contribution in [0, 0.1) is 5.82 Å². The van der Waals surface area contributed by atoms with E-state index < -0.39 is 37.1 Å². The third kappa shape index (κ3) is 5.64. The number of rotatable bonds is 6. The summed E-state index contributed by atoms with van der Waals surface area (Å²) in [7, 11) is 0. The van der Waals surface area contributed by atoms with Crippen molar-refractivity contribution in [2.75, 3.05) is 39.3 Å². The summed E-state index contributed by atoms with van der Waals surface area (Å²) in [6.07, 6.45) is -4.43. The van der Waals surface area contributed by atoms with Gasteiger partial charge in [-0.05, 0) is 24.3 Å². The molecule has 0 radical (unpaired) electrons. The normalized spacial score (nSPS) is 17.3. The van der Waals surface area contributed by atoms with Crippen molar-refractivity contribution in [2.24, 2.45) is 0 Å². The topological polar surface area (TPSA) is 53.6 Å². The van der Waals surface area contributed by atoms with E-state index in [0.29, 0.717) is 13.1 Å². The molecule has 1 unspecified atom stereocenters. The number of hydrogen-bond acceptors (Lipinski definition) is 4. The summed E-state index contributed by atoms with van der Waals surface area (Å²) in [5.74, 6) is -0.847. The highest BCUT2D eigenvalue weighted by molar-refractivity contribution is 5.77. The molecule has 1 aliphatic heterocycles. The third-order valence-electron chi connectivity index (χ3n) is 3.65. The molecule has 9 heteroatoms. The molecule has 0 bridgehead atoms. The molecular formula is C15H19F4N3O2. The molecule has 0 saturated carbocycles. The van der Waals surface area contributed by atoms with E-state index in [1.165, 1.54) is 17.0 Å². The van der Waals surface area contributed by atoms with Gasteiger partial charge < -0.3 is 15.4 Å². The average Bonchev–Trinajstić information content (AvgIpc) is 2.54. The van der Waals surface area contributed by atoms with Crippen LogP contribution >= 0.6 is 0 Å². The van der Waals surface area contributed by atoms with Gasteiger partial charge in [0.2, 0.25) is 0 Å². The second-order valence-electron chi connectivity index (χ2n) is 5.39. The van der Waals surface area contributed by atoms with Crippen molar-refractivity contribution in [3.05, 3.63) is 30.1 Å². The number of nitrogens with zero attached hydrogens (tertiary/aromatic N) is 1. The van der Waals surface area contributed by atoms with Crippen LogP contribution in [-0.4, -0.2) is 62.4 Å². The van der Waals surface area contributed by atoms with Gasteiger partial charge in [-0.1, -0.05) is 0 Å². The zero-order valence-corrected chi connectivity index (χ0v) is 12.9. The molecule has 2 rings (SSSR count). The minimum atomic E-state index is -4.43. The number of nitrogens with one attached hydrogen (secondary N) is 2. The predicted molar refractivity (Wildman–Crippen MR) is 79.2 cm³/mol. The summed E-state index contributed by atoms with van der Waals surface area (Å²) in [6.45, 7) is 0.535. The van der Waals surface area contributed by atoms with Crippen molar-refractivity contribution in [1.82, 2.24) is 15.5 Å². The van der Waals surface area contributed by atoms with Crippen LogP contribution < -0.4 is 15.4 Å².